The van der Waals surface area contributed by atoms with E-state index in [1.54, 1.807) is 0 Å². The molecular formula is C13H17Br2NS. The number of thioether (sulfide) groups is 1. The third kappa shape index (κ3) is 3.42. The van der Waals surface area contributed by atoms with E-state index in [0.717, 1.165) is 22.9 Å². The van der Waals surface area contributed by atoms with Crippen LogP contribution in [0.4, 0.5) is 5.69 Å². The van der Waals surface area contributed by atoms with Crippen molar-refractivity contribution < 1.29 is 0 Å². The molecule has 0 saturated carbocycles. The van der Waals surface area contributed by atoms with E-state index in [-0.39, 0.29) is 0 Å². The van der Waals surface area contributed by atoms with Crippen molar-refractivity contribution in [2.75, 3.05) is 23.7 Å². The minimum Gasteiger partial charge on any atom is -0.369 e. The van der Waals surface area contributed by atoms with Crippen LogP contribution in [0.1, 0.15) is 19.4 Å². The highest BCUT2D eigenvalue weighted by molar-refractivity contribution is 9.10. The molecule has 4 heteroatoms. The lowest BCUT2D eigenvalue weighted by Crippen LogP contribution is -2.43. The van der Waals surface area contributed by atoms with Crippen molar-refractivity contribution in [2.24, 2.45) is 0 Å². The van der Waals surface area contributed by atoms with E-state index >= 15 is 0 Å². The molecule has 1 aromatic rings. The van der Waals surface area contributed by atoms with Crippen LogP contribution in [0, 0.1) is 0 Å². The molecule has 0 aliphatic carbocycles. The molecule has 1 aliphatic heterocycles. The number of hydrogen-bond acceptors (Lipinski definition) is 2. The van der Waals surface area contributed by atoms with Crippen molar-refractivity contribution in [3.05, 3.63) is 28.2 Å². The van der Waals surface area contributed by atoms with E-state index < -0.39 is 0 Å². The lowest BCUT2D eigenvalue weighted by Gasteiger charge is -2.39. The van der Waals surface area contributed by atoms with E-state index in [4.69, 9.17) is 0 Å². The SMILES string of the molecule is CC1(C)CN(c2cc(Br)ccc2CBr)CCS1. The molecule has 0 amide bonds. The van der Waals surface area contributed by atoms with Crippen LogP contribution in [-0.2, 0) is 5.33 Å². The molecule has 2 rings (SSSR count). The first kappa shape index (κ1) is 13.8. The van der Waals surface area contributed by atoms with Crippen LogP contribution in [0.15, 0.2) is 22.7 Å². The highest BCUT2D eigenvalue weighted by atomic mass is 79.9. The van der Waals surface area contributed by atoms with Crippen molar-refractivity contribution >= 4 is 49.3 Å². The van der Waals surface area contributed by atoms with Gasteiger partial charge in [-0.2, -0.15) is 11.8 Å². The van der Waals surface area contributed by atoms with Gasteiger partial charge in [-0.15, -0.1) is 0 Å². The molecule has 1 heterocycles. The molecular weight excluding hydrogens is 362 g/mol. The fraction of sp³-hybridized carbons (Fsp3) is 0.538. The van der Waals surface area contributed by atoms with Crippen LogP contribution in [0.3, 0.4) is 0 Å². The summed E-state index contributed by atoms with van der Waals surface area (Å²) in [5, 5.41) is 0.916. The lowest BCUT2D eigenvalue weighted by molar-refractivity contribution is 0.646. The second-order valence-electron chi connectivity index (χ2n) is 4.94. The minimum absolute atomic E-state index is 0.351. The highest BCUT2D eigenvalue weighted by Crippen LogP contribution is 2.35. The van der Waals surface area contributed by atoms with Gasteiger partial charge in [-0.3, -0.25) is 0 Å². The Kier molecular flexibility index (Phi) is 4.48. The number of nitrogens with zero attached hydrogens (tertiary/aromatic N) is 1. The third-order valence-electron chi connectivity index (χ3n) is 2.96. The maximum Gasteiger partial charge on any atom is 0.0419 e. The zero-order valence-electron chi connectivity index (χ0n) is 10.2. The first-order valence-corrected chi connectivity index (χ1v) is 8.65. The molecule has 94 valence electrons. The van der Waals surface area contributed by atoms with Crippen molar-refractivity contribution in [1.82, 2.24) is 0 Å². The quantitative estimate of drug-likeness (QED) is 0.687. The van der Waals surface area contributed by atoms with Gasteiger partial charge in [0.1, 0.15) is 0 Å². The number of benzene rings is 1. The first-order chi connectivity index (χ1) is 8.02. The molecule has 17 heavy (non-hydrogen) atoms. The number of hydrogen-bond donors (Lipinski definition) is 0. The summed E-state index contributed by atoms with van der Waals surface area (Å²) in [6.45, 7) is 6.92. The molecule has 0 bridgehead atoms. The highest BCUT2D eigenvalue weighted by Gasteiger charge is 2.28. The van der Waals surface area contributed by atoms with E-state index in [9.17, 15) is 0 Å². The van der Waals surface area contributed by atoms with Gasteiger partial charge < -0.3 is 4.90 Å². The average molecular weight is 379 g/mol. The number of alkyl halides is 1. The first-order valence-electron chi connectivity index (χ1n) is 5.75. The maximum atomic E-state index is 3.58. The van der Waals surface area contributed by atoms with Crippen LogP contribution in [-0.4, -0.2) is 23.6 Å². The second-order valence-corrected chi connectivity index (χ2v) is 8.21. The Balaban J connectivity index is 2.29. The second kappa shape index (κ2) is 5.54. The van der Waals surface area contributed by atoms with Gasteiger partial charge in [0, 0.05) is 39.1 Å². The van der Waals surface area contributed by atoms with Gasteiger partial charge in [0.15, 0.2) is 0 Å². The van der Waals surface area contributed by atoms with Crippen molar-refractivity contribution in [1.29, 1.82) is 0 Å². The molecule has 1 saturated heterocycles. The van der Waals surface area contributed by atoms with Gasteiger partial charge in [-0.1, -0.05) is 37.9 Å². The molecule has 0 radical (unpaired) electrons. The van der Waals surface area contributed by atoms with Gasteiger partial charge in [-0.05, 0) is 31.5 Å². The van der Waals surface area contributed by atoms with Crippen LogP contribution < -0.4 is 4.90 Å². The Morgan fingerprint density at radius 3 is 2.82 bits per heavy atom. The molecule has 0 N–H and O–H groups in total. The minimum atomic E-state index is 0.351. The zero-order valence-corrected chi connectivity index (χ0v) is 14.2. The summed E-state index contributed by atoms with van der Waals surface area (Å²) in [6, 6.07) is 6.55. The molecule has 0 aromatic heterocycles. The molecule has 1 aliphatic rings. The molecule has 0 unspecified atom stereocenters. The molecule has 0 atom stereocenters. The van der Waals surface area contributed by atoms with Crippen molar-refractivity contribution in [2.45, 2.75) is 23.9 Å². The van der Waals surface area contributed by atoms with Crippen LogP contribution >= 0.6 is 43.6 Å². The Hall–Kier alpha value is 0.330. The van der Waals surface area contributed by atoms with Crippen LogP contribution in [0.2, 0.25) is 0 Å². The number of anilines is 1. The van der Waals surface area contributed by atoms with Gasteiger partial charge in [0.25, 0.3) is 0 Å². The number of halogens is 2. The average Bonchev–Trinajstić information content (AvgIpc) is 2.27. The molecule has 1 nitrogen and oxygen atoms in total. The summed E-state index contributed by atoms with van der Waals surface area (Å²) in [4.78, 5) is 2.51. The summed E-state index contributed by atoms with van der Waals surface area (Å²) in [5.41, 5.74) is 2.74. The topological polar surface area (TPSA) is 3.24 Å². The summed E-state index contributed by atoms with van der Waals surface area (Å²) in [7, 11) is 0. The van der Waals surface area contributed by atoms with Gasteiger partial charge in [0.05, 0.1) is 0 Å². The summed E-state index contributed by atoms with van der Waals surface area (Å²) < 4.78 is 1.51. The van der Waals surface area contributed by atoms with Crippen LogP contribution in [0.5, 0.6) is 0 Å². The monoisotopic (exact) mass is 377 g/mol. The zero-order chi connectivity index (χ0) is 12.5. The predicted octanol–water partition coefficient (Wildman–Crippen LogP) is 4.68. The van der Waals surface area contributed by atoms with Crippen molar-refractivity contribution in [3.8, 4) is 0 Å². The van der Waals surface area contributed by atoms with E-state index in [1.165, 1.54) is 17.0 Å². The fourth-order valence-electron chi connectivity index (χ4n) is 2.17. The van der Waals surface area contributed by atoms with E-state index in [1.807, 2.05) is 0 Å². The van der Waals surface area contributed by atoms with Gasteiger partial charge >= 0.3 is 0 Å². The molecule has 1 fully saturated rings. The van der Waals surface area contributed by atoms with Crippen molar-refractivity contribution in [3.63, 3.8) is 0 Å². The summed E-state index contributed by atoms with van der Waals surface area (Å²) >= 11 is 9.23. The number of rotatable bonds is 2. The Labute approximate surface area is 125 Å². The Morgan fingerprint density at radius 1 is 1.41 bits per heavy atom. The maximum absolute atomic E-state index is 3.58. The van der Waals surface area contributed by atoms with Gasteiger partial charge in [0.2, 0.25) is 0 Å². The molecule has 1 aromatic carbocycles. The Bertz CT molecular complexity index is 406. The van der Waals surface area contributed by atoms with E-state index in [0.29, 0.717) is 4.75 Å². The van der Waals surface area contributed by atoms with Gasteiger partial charge in [-0.25, -0.2) is 0 Å². The third-order valence-corrected chi connectivity index (χ3v) is 5.35. The van der Waals surface area contributed by atoms with E-state index in [2.05, 4.69) is 80.6 Å². The summed E-state index contributed by atoms with van der Waals surface area (Å²) in [6.07, 6.45) is 0. The van der Waals surface area contributed by atoms with Crippen LogP contribution in [0.25, 0.3) is 0 Å². The largest absolute Gasteiger partial charge is 0.369 e. The standard InChI is InChI=1S/C13H17Br2NS/c1-13(2)9-16(5-6-17-13)12-7-11(15)4-3-10(12)8-14/h3-4,7H,5-6,8-9H2,1-2H3. The fourth-order valence-corrected chi connectivity index (χ4v) is 4.10. The predicted molar refractivity (Wildman–Crippen MR) is 85.5 cm³/mol. The smallest absolute Gasteiger partial charge is 0.0419 e. The molecule has 0 spiro atoms. The lowest BCUT2D eigenvalue weighted by atomic mass is 10.1. The summed E-state index contributed by atoms with van der Waals surface area (Å²) in [5.74, 6) is 1.21. The Morgan fingerprint density at radius 2 is 2.18 bits per heavy atom. The normalized spacial score (nSPS) is 19.4.